The van der Waals surface area contributed by atoms with E-state index in [0.29, 0.717) is 23.5 Å². The van der Waals surface area contributed by atoms with Gasteiger partial charge in [0.1, 0.15) is 0 Å². The molecule has 0 saturated carbocycles. The summed E-state index contributed by atoms with van der Waals surface area (Å²) in [4.78, 5) is 25.7. The van der Waals surface area contributed by atoms with Crippen molar-refractivity contribution in [2.45, 2.75) is 19.4 Å². The van der Waals surface area contributed by atoms with Crippen molar-refractivity contribution in [1.29, 1.82) is 0 Å². The van der Waals surface area contributed by atoms with Crippen molar-refractivity contribution in [1.82, 2.24) is 4.90 Å². The highest BCUT2D eigenvalue weighted by Gasteiger charge is 2.42. The van der Waals surface area contributed by atoms with Gasteiger partial charge in [0.05, 0.1) is 25.8 Å². The first-order valence-electron chi connectivity index (χ1n) is 7.54. The molecule has 0 saturated heterocycles. The maximum absolute atomic E-state index is 12.3. The third-order valence-corrected chi connectivity index (χ3v) is 3.96. The van der Waals surface area contributed by atoms with Gasteiger partial charge < -0.3 is 24.6 Å². The summed E-state index contributed by atoms with van der Waals surface area (Å²) in [7, 11) is 3.00. The highest BCUT2D eigenvalue weighted by Crippen LogP contribution is 2.40. The van der Waals surface area contributed by atoms with Crippen LogP contribution in [0.2, 0.25) is 0 Å². The summed E-state index contributed by atoms with van der Waals surface area (Å²) < 4.78 is 10.5. The van der Waals surface area contributed by atoms with Crippen LogP contribution >= 0.6 is 0 Å². The fraction of sp³-hybridized carbons (Fsp3) is 0.412. The molecule has 2 rings (SSSR count). The number of Topliss-reactive ketones (excluding diaryl/α,β-unsaturated/α-hetero) is 1. The van der Waals surface area contributed by atoms with Crippen LogP contribution in [-0.2, 0) is 9.59 Å². The van der Waals surface area contributed by atoms with Gasteiger partial charge in [-0.2, -0.15) is 0 Å². The first-order valence-corrected chi connectivity index (χ1v) is 7.54. The van der Waals surface area contributed by atoms with E-state index in [1.165, 1.54) is 26.0 Å². The predicted molar refractivity (Wildman–Crippen MR) is 86.0 cm³/mol. The number of benzene rings is 1. The number of carbonyl (C=O) groups is 2. The monoisotopic (exact) mass is 335 g/mol. The number of carbonyl (C=O) groups excluding carboxylic acids is 2. The lowest BCUT2D eigenvalue weighted by Gasteiger charge is -2.26. The van der Waals surface area contributed by atoms with Crippen molar-refractivity contribution in [3.8, 4) is 11.5 Å². The van der Waals surface area contributed by atoms with E-state index < -0.39 is 17.7 Å². The lowest BCUT2D eigenvalue weighted by Crippen LogP contribution is -2.32. The maximum atomic E-state index is 12.3. The number of aliphatic hydroxyl groups excluding tert-OH is 2. The summed E-state index contributed by atoms with van der Waals surface area (Å²) in [5.41, 5.74) is 0.665. The van der Waals surface area contributed by atoms with Crippen molar-refractivity contribution in [3.63, 3.8) is 0 Å². The number of ketones is 1. The quantitative estimate of drug-likeness (QED) is 0.781. The number of hydrogen-bond acceptors (Lipinski definition) is 6. The van der Waals surface area contributed by atoms with Crippen molar-refractivity contribution < 1.29 is 29.3 Å². The number of methoxy groups -OCH3 is 2. The molecule has 0 aliphatic carbocycles. The Labute approximate surface area is 140 Å². The van der Waals surface area contributed by atoms with Crippen molar-refractivity contribution >= 4 is 11.7 Å². The highest BCUT2D eigenvalue weighted by atomic mass is 16.5. The Morgan fingerprint density at radius 3 is 2.46 bits per heavy atom. The van der Waals surface area contributed by atoms with Crippen LogP contribution in [0, 0.1) is 0 Å². The number of nitrogens with zero attached hydrogens (tertiary/aromatic N) is 1. The average Bonchev–Trinajstić information content (AvgIpc) is 2.83. The van der Waals surface area contributed by atoms with Gasteiger partial charge in [-0.05, 0) is 31.0 Å². The zero-order chi connectivity index (χ0) is 17.9. The molecule has 1 aromatic carbocycles. The van der Waals surface area contributed by atoms with Crippen LogP contribution in [0.15, 0.2) is 29.5 Å². The van der Waals surface area contributed by atoms with Crippen LogP contribution in [0.4, 0.5) is 0 Å². The van der Waals surface area contributed by atoms with E-state index >= 15 is 0 Å². The largest absolute Gasteiger partial charge is 0.503 e. The lowest BCUT2D eigenvalue weighted by molar-refractivity contribution is -0.129. The van der Waals surface area contributed by atoms with E-state index in [4.69, 9.17) is 14.6 Å². The molecule has 0 spiro atoms. The van der Waals surface area contributed by atoms with Gasteiger partial charge in [0.15, 0.2) is 23.0 Å². The molecule has 2 N–H and O–H groups in total. The van der Waals surface area contributed by atoms with E-state index in [0.717, 1.165) is 0 Å². The van der Waals surface area contributed by atoms with Crippen LogP contribution < -0.4 is 9.47 Å². The molecule has 0 bridgehead atoms. The first kappa shape index (κ1) is 17.8. The minimum absolute atomic E-state index is 0.0464. The van der Waals surface area contributed by atoms with Gasteiger partial charge in [-0.1, -0.05) is 6.07 Å². The second-order valence-electron chi connectivity index (χ2n) is 5.41. The van der Waals surface area contributed by atoms with E-state index in [1.54, 1.807) is 18.2 Å². The Kier molecular flexibility index (Phi) is 5.46. The summed E-state index contributed by atoms with van der Waals surface area (Å²) in [5, 5.41) is 19.1. The van der Waals surface area contributed by atoms with Gasteiger partial charge in [0.2, 0.25) is 0 Å². The number of hydrogen-bond donors (Lipinski definition) is 2. The van der Waals surface area contributed by atoms with Crippen molar-refractivity contribution in [2.24, 2.45) is 0 Å². The summed E-state index contributed by atoms with van der Waals surface area (Å²) in [6.45, 7) is 1.43. The zero-order valence-electron chi connectivity index (χ0n) is 13.9. The molecule has 7 nitrogen and oxygen atoms in total. The molecule has 1 atom stereocenters. The van der Waals surface area contributed by atoms with Crippen LogP contribution in [-0.4, -0.2) is 54.2 Å². The molecule has 130 valence electrons. The van der Waals surface area contributed by atoms with Gasteiger partial charge in [0.25, 0.3) is 5.91 Å². The standard InChI is InChI=1S/C17H21NO6/c1-10(20)14-15(18(7-4-8-19)17(22)16(14)21)11-5-6-12(23-2)13(9-11)24-3/h5-6,9,15,19,21H,4,7-8H2,1-3H3/t15-/m1/s1. The molecular weight excluding hydrogens is 314 g/mol. The molecule has 0 aromatic heterocycles. The summed E-state index contributed by atoms with van der Waals surface area (Å²) >= 11 is 0. The predicted octanol–water partition coefficient (Wildman–Crippen LogP) is 1.37. The fourth-order valence-corrected chi connectivity index (χ4v) is 2.85. The zero-order valence-corrected chi connectivity index (χ0v) is 13.9. The van der Waals surface area contributed by atoms with Crippen LogP contribution in [0.25, 0.3) is 0 Å². The van der Waals surface area contributed by atoms with E-state index in [9.17, 15) is 14.7 Å². The van der Waals surface area contributed by atoms with Crippen molar-refractivity contribution in [3.05, 3.63) is 35.1 Å². The lowest BCUT2D eigenvalue weighted by atomic mass is 9.96. The summed E-state index contributed by atoms with van der Waals surface area (Å²) in [6, 6.07) is 4.34. The van der Waals surface area contributed by atoms with Gasteiger partial charge in [-0.25, -0.2) is 0 Å². The van der Waals surface area contributed by atoms with E-state index in [1.807, 2.05) is 0 Å². The average molecular weight is 335 g/mol. The highest BCUT2D eigenvalue weighted by molar-refractivity contribution is 6.08. The molecule has 0 fully saturated rings. The Bertz CT molecular complexity index is 682. The molecule has 1 aliphatic heterocycles. The fourth-order valence-electron chi connectivity index (χ4n) is 2.85. The summed E-state index contributed by atoms with van der Waals surface area (Å²) in [5.74, 6) is -0.565. The van der Waals surface area contributed by atoms with Gasteiger partial charge >= 0.3 is 0 Å². The Morgan fingerprint density at radius 2 is 1.92 bits per heavy atom. The molecule has 1 heterocycles. The number of rotatable bonds is 7. The smallest absolute Gasteiger partial charge is 0.290 e. The minimum Gasteiger partial charge on any atom is -0.503 e. The molecule has 1 aliphatic rings. The van der Waals surface area contributed by atoms with Crippen molar-refractivity contribution in [2.75, 3.05) is 27.4 Å². The molecule has 0 unspecified atom stereocenters. The second kappa shape index (κ2) is 7.35. The Hall–Kier alpha value is -2.54. The van der Waals surface area contributed by atoms with Gasteiger partial charge in [0, 0.05) is 13.2 Å². The number of amides is 1. The Balaban J connectivity index is 2.52. The third-order valence-electron chi connectivity index (χ3n) is 3.96. The number of ether oxygens (including phenoxy) is 2. The molecular formula is C17H21NO6. The Morgan fingerprint density at radius 1 is 1.25 bits per heavy atom. The molecule has 0 radical (unpaired) electrons. The van der Waals surface area contributed by atoms with Crippen LogP contribution in [0.1, 0.15) is 24.9 Å². The first-order chi connectivity index (χ1) is 11.5. The maximum Gasteiger partial charge on any atom is 0.290 e. The SMILES string of the molecule is COc1ccc([C@@H]2C(C(C)=O)=C(O)C(=O)N2CCCO)cc1OC. The van der Waals surface area contributed by atoms with Gasteiger partial charge in [-0.15, -0.1) is 0 Å². The van der Waals surface area contributed by atoms with Gasteiger partial charge in [-0.3, -0.25) is 9.59 Å². The second-order valence-corrected chi connectivity index (χ2v) is 5.41. The van der Waals surface area contributed by atoms with Crippen LogP contribution in [0.3, 0.4) is 0 Å². The topological polar surface area (TPSA) is 96.3 Å². The molecule has 24 heavy (non-hydrogen) atoms. The van der Waals surface area contributed by atoms with E-state index in [-0.39, 0.29) is 24.5 Å². The molecule has 1 amide bonds. The van der Waals surface area contributed by atoms with Crippen LogP contribution in [0.5, 0.6) is 11.5 Å². The molecule has 1 aromatic rings. The minimum atomic E-state index is -0.721. The third kappa shape index (κ3) is 3.07. The number of aliphatic hydroxyl groups is 2. The molecule has 7 heteroatoms. The normalized spacial score (nSPS) is 17.4. The van der Waals surface area contributed by atoms with E-state index in [2.05, 4.69) is 0 Å². The summed E-state index contributed by atoms with van der Waals surface area (Å²) in [6.07, 6.45) is 0.341.